The van der Waals surface area contributed by atoms with E-state index in [0.29, 0.717) is 29.5 Å². The molecule has 3 N–H and O–H groups in total. The van der Waals surface area contributed by atoms with Crippen LogP contribution in [0.4, 0.5) is 5.69 Å². The fourth-order valence-electron chi connectivity index (χ4n) is 4.67. The van der Waals surface area contributed by atoms with Crippen LogP contribution in [-0.2, 0) is 4.79 Å². The van der Waals surface area contributed by atoms with Crippen molar-refractivity contribution in [3.05, 3.63) is 83.7 Å². The van der Waals surface area contributed by atoms with Crippen molar-refractivity contribution < 1.29 is 9.59 Å². The third kappa shape index (κ3) is 3.57. The van der Waals surface area contributed by atoms with E-state index in [2.05, 4.69) is 25.8 Å². The number of benzene rings is 2. The number of nitrogens with zero attached hydrogens (tertiary/aromatic N) is 2. The number of hydrogen-bond donors (Lipinski definition) is 3. The van der Waals surface area contributed by atoms with Gasteiger partial charge in [-0.25, -0.2) is 5.43 Å². The van der Waals surface area contributed by atoms with E-state index in [-0.39, 0.29) is 11.8 Å². The molecule has 2 amide bonds. The van der Waals surface area contributed by atoms with Gasteiger partial charge in [-0.2, -0.15) is 5.10 Å². The van der Waals surface area contributed by atoms with Gasteiger partial charge in [-0.15, -0.1) is 0 Å². The minimum absolute atomic E-state index is 0.0645. The summed E-state index contributed by atoms with van der Waals surface area (Å²) in [5.74, 6) is 0.266. The number of aromatic amines is 1. The second-order valence-electron chi connectivity index (χ2n) is 8.53. The number of amides is 2. The molecular weight excluding hydrogens is 414 g/mol. The molecule has 2 atom stereocenters. The Morgan fingerprint density at radius 2 is 1.94 bits per heavy atom. The van der Waals surface area contributed by atoms with Crippen LogP contribution in [0.1, 0.15) is 40.4 Å². The smallest absolute Gasteiger partial charge is 0.272 e. The summed E-state index contributed by atoms with van der Waals surface area (Å²) in [7, 11) is 0. The number of carbonyl (C=O) groups is 2. The maximum absolute atomic E-state index is 12.8. The summed E-state index contributed by atoms with van der Waals surface area (Å²) in [4.78, 5) is 33.3. The fourth-order valence-corrected chi connectivity index (χ4v) is 4.67. The molecule has 0 radical (unpaired) electrons. The number of nitrogens with one attached hydrogen (secondary N) is 3. The first kappa shape index (κ1) is 19.4. The van der Waals surface area contributed by atoms with Gasteiger partial charge in [0.2, 0.25) is 5.91 Å². The van der Waals surface area contributed by atoms with E-state index < -0.39 is 0 Å². The molecule has 0 spiro atoms. The van der Waals surface area contributed by atoms with Crippen LogP contribution in [0, 0.1) is 5.92 Å². The zero-order chi connectivity index (χ0) is 22.4. The Kier molecular flexibility index (Phi) is 4.54. The normalized spacial score (nSPS) is 18.6. The fraction of sp³-hybridized carbons (Fsp3) is 0.154. The lowest BCUT2D eigenvalue weighted by molar-refractivity contribution is -0.116. The van der Waals surface area contributed by atoms with E-state index in [1.807, 2.05) is 54.6 Å². The molecular formula is C26H21N5O2. The van der Waals surface area contributed by atoms with Crippen LogP contribution in [0.5, 0.6) is 0 Å². The van der Waals surface area contributed by atoms with Crippen LogP contribution in [0.25, 0.3) is 22.2 Å². The van der Waals surface area contributed by atoms with Gasteiger partial charge in [0.05, 0.1) is 17.5 Å². The second kappa shape index (κ2) is 7.70. The molecule has 0 saturated heterocycles. The van der Waals surface area contributed by atoms with Crippen molar-refractivity contribution in [2.45, 2.75) is 18.8 Å². The van der Waals surface area contributed by atoms with Crippen LogP contribution < -0.4 is 10.7 Å². The molecule has 1 aliphatic heterocycles. The SMILES string of the molecule is O=C(CC1CC1c1ccccn1)Nc1cc2c3c(c(-c4ccccc4)[nH]c3c1)C=NNC2=O. The molecule has 2 aromatic heterocycles. The maximum Gasteiger partial charge on any atom is 0.272 e. The predicted octanol–water partition coefficient (Wildman–Crippen LogP) is 4.44. The number of carbonyl (C=O) groups excluding carboxylic acids is 2. The van der Waals surface area contributed by atoms with Gasteiger partial charge in [0.1, 0.15) is 0 Å². The van der Waals surface area contributed by atoms with Crippen LogP contribution >= 0.6 is 0 Å². The van der Waals surface area contributed by atoms with Gasteiger partial charge in [-0.05, 0) is 42.2 Å². The predicted molar refractivity (Wildman–Crippen MR) is 127 cm³/mol. The highest BCUT2D eigenvalue weighted by atomic mass is 16.2. The summed E-state index contributed by atoms with van der Waals surface area (Å²) in [6, 6.07) is 19.4. The van der Waals surface area contributed by atoms with Gasteiger partial charge < -0.3 is 10.3 Å². The van der Waals surface area contributed by atoms with E-state index in [4.69, 9.17) is 0 Å². The molecule has 1 saturated carbocycles. The van der Waals surface area contributed by atoms with E-state index in [1.165, 1.54) is 0 Å². The van der Waals surface area contributed by atoms with E-state index >= 15 is 0 Å². The van der Waals surface area contributed by atoms with Gasteiger partial charge >= 0.3 is 0 Å². The number of aromatic nitrogens is 2. The molecule has 1 aliphatic carbocycles. The molecule has 33 heavy (non-hydrogen) atoms. The highest BCUT2D eigenvalue weighted by molar-refractivity contribution is 6.18. The lowest BCUT2D eigenvalue weighted by Gasteiger charge is -2.08. The standard InChI is InChI=1S/C26H21N5O2/c32-23(11-16-10-18(16)21-8-4-5-9-27-21)29-17-12-19-24-20(14-28-31-26(19)33)25(30-22(24)13-17)15-6-2-1-3-7-15/h1-9,12-14,16,18,30H,10-11H2,(H,29,32)(H,31,33). The monoisotopic (exact) mass is 435 g/mol. The van der Waals surface area contributed by atoms with Gasteiger partial charge in [-0.1, -0.05) is 36.4 Å². The zero-order valence-electron chi connectivity index (χ0n) is 17.7. The molecule has 2 aromatic carbocycles. The molecule has 7 nitrogen and oxygen atoms in total. The summed E-state index contributed by atoms with van der Waals surface area (Å²) in [6.07, 6.45) is 4.85. The number of hydrazone groups is 1. The topological polar surface area (TPSA) is 99.2 Å². The number of pyridine rings is 1. The summed E-state index contributed by atoms with van der Waals surface area (Å²) >= 11 is 0. The maximum atomic E-state index is 12.8. The third-order valence-electron chi connectivity index (χ3n) is 6.33. The first-order valence-corrected chi connectivity index (χ1v) is 11.0. The molecule has 6 rings (SSSR count). The van der Waals surface area contributed by atoms with Crippen molar-refractivity contribution in [2.24, 2.45) is 11.0 Å². The lowest BCUT2D eigenvalue weighted by Crippen LogP contribution is -2.17. The first-order valence-electron chi connectivity index (χ1n) is 11.0. The van der Waals surface area contributed by atoms with Crippen molar-refractivity contribution >= 4 is 34.6 Å². The minimum atomic E-state index is -0.304. The summed E-state index contributed by atoms with van der Waals surface area (Å²) in [6.45, 7) is 0. The Morgan fingerprint density at radius 1 is 1.09 bits per heavy atom. The first-order chi connectivity index (χ1) is 16.2. The van der Waals surface area contributed by atoms with Crippen molar-refractivity contribution in [2.75, 3.05) is 5.32 Å². The van der Waals surface area contributed by atoms with Gasteiger partial charge in [0.15, 0.2) is 0 Å². The highest BCUT2D eigenvalue weighted by Gasteiger charge is 2.40. The lowest BCUT2D eigenvalue weighted by atomic mass is 10.0. The van der Waals surface area contributed by atoms with E-state index in [9.17, 15) is 9.59 Å². The Hall–Kier alpha value is -4.26. The molecule has 4 aromatic rings. The quantitative estimate of drug-likeness (QED) is 0.432. The number of H-pyrrole nitrogens is 1. The highest BCUT2D eigenvalue weighted by Crippen LogP contribution is 2.48. The molecule has 2 unspecified atom stereocenters. The van der Waals surface area contributed by atoms with Crippen molar-refractivity contribution in [1.29, 1.82) is 0 Å². The number of rotatable bonds is 5. The average Bonchev–Trinajstić information content (AvgIpc) is 3.53. The summed E-state index contributed by atoms with van der Waals surface area (Å²) < 4.78 is 0. The molecule has 1 fully saturated rings. The van der Waals surface area contributed by atoms with Crippen molar-refractivity contribution in [1.82, 2.24) is 15.4 Å². The number of anilines is 1. The Morgan fingerprint density at radius 3 is 2.76 bits per heavy atom. The van der Waals surface area contributed by atoms with Crippen LogP contribution in [-0.4, -0.2) is 28.0 Å². The van der Waals surface area contributed by atoms with Crippen molar-refractivity contribution in [3.8, 4) is 11.3 Å². The largest absolute Gasteiger partial charge is 0.354 e. The van der Waals surface area contributed by atoms with Crippen molar-refractivity contribution in [3.63, 3.8) is 0 Å². The van der Waals surface area contributed by atoms with Gasteiger partial charge in [0.25, 0.3) is 5.91 Å². The molecule has 7 heteroatoms. The Balaban J connectivity index is 1.29. The Labute approximate surface area is 189 Å². The third-order valence-corrected chi connectivity index (χ3v) is 6.33. The summed E-state index contributed by atoms with van der Waals surface area (Å²) in [5, 5.41) is 7.87. The molecule has 2 aliphatic rings. The number of hydrogen-bond acceptors (Lipinski definition) is 4. The van der Waals surface area contributed by atoms with Crippen LogP contribution in [0.3, 0.4) is 0 Å². The second-order valence-corrected chi connectivity index (χ2v) is 8.53. The Bertz CT molecular complexity index is 1410. The molecule has 162 valence electrons. The zero-order valence-corrected chi connectivity index (χ0v) is 17.7. The summed E-state index contributed by atoms with van der Waals surface area (Å²) in [5.41, 5.74) is 8.17. The average molecular weight is 435 g/mol. The van der Waals surface area contributed by atoms with E-state index in [0.717, 1.165) is 39.8 Å². The molecule has 3 heterocycles. The molecule has 0 bridgehead atoms. The van der Waals surface area contributed by atoms with Gasteiger partial charge in [0, 0.05) is 46.4 Å². The van der Waals surface area contributed by atoms with Crippen LogP contribution in [0.15, 0.2) is 72.0 Å². The van der Waals surface area contributed by atoms with Gasteiger partial charge in [-0.3, -0.25) is 14.6 Å². The van der Waals surface area contributed by atoms with Crippen LogP contribution in [0.2, 0.25) is 0 Å². The van der Waals surface area contributed by atoms with E-state index in [1.54, 1.807) is 18.5 Å². The minimum Gasteiger partial charge on any atom is -0.354 e.